The number of halogens is 1. The molecule has 0 spiro atoms. The number of carbonyl (C=O) groups is 1. The van der Waals surface area contributed by atoms with Crippen LogP contribution in [0.1, 0.15) is 25.5 Å². The number of rotatable bonds is 6. The van der Waals surface area contributed by atoms with Crippen LogP contribution in [0.5, 0.6) is 0 Å². The van der Waals surface area contributed by atoms with E-state index in [9.17, 15) is 4.79 Å². The van der Waals surface area contributed by atoms with Gasteiger partial charge in [0.25, 0.3) is 0 Å². The summed E-state index contributed by atoms with van der Waals surface area (Å²) in [7, 11) is 0. The number of hydrogen-bond donors (Lipinski definition) is 1. The van der Waals surface area contributed by atoms with Gasteiger partial charge in [-0.05, 0) is 61.0 Å². The smallest absolute Gasteiger partial charge is 0.234 e. The largest absolute Gasteiger partial charge is 0.446 e. The summed E-state index contributed by atoms with van der Waals surface area (Å²) in [5.41, 5.74) is 1.94. The highest BCUT2D eigenvalue weighted by Gasteiger charge is 2.20. The predicted molar refractivity (Wildman–Crippen MR) is 106 cm³/mol. The fourth-order valence-corrected chi connectivity index (χ4v) is 3.58. The summed E-state index contributed by atoms with van der Waals surface area (Å²) in [5, 5.41) is 12.0. The number of anilines is 1. The lowest BCUT2D eigenvalue weighted by Gasteiger charge is -2.12. The minimum Gasteiger partial charge on any atom is -0.446 e. The zero-order valence-corrected chi connectivity index (χ0v) is 17.1. The molecule has 0 atom stereocenters. The summed E-state index contributed by atoms with van der Waals surface area (Å²) < 4.78 is 8.20. The van der Waals surface area contributed by atoms with Crippen LogP contribution in [0.15, 0.2) is 50.6 Å². The van der Waals surface area contributed by atoms with Gasteiger partial charge in [-0.25, -0.2) is 0 Å². The van der Waals surface area contributed by atoms with Crippen molar-refractivity contribution in [1.29, 1.82) is 0 Å². The Bertz CT molecular complexity index is 902. The van der Waals surface area contributed by atoms with Crippen molar-refractivity contribution in [3.63, 3.8) is 0 Å². The van der Waals surface area contributed by atoms with Gasteiger partial charge < -0.3 is 9.73 Å². The monoisotopic (exact) mass is 434 g/mol. The van der Waals surface area contributed by atoms with Crippen molar-refractivity contribution in [1.82, 2.24) is 14.8 Å². The molecular formula is C18H19BrN4O2S. The molecule has 0 aliphatic carbocycles. The Kier molecular flexibility index (Phi) is 5.83. The molecule has 1 amide bonds. The average Bonchev–Trinajstić information content (AvgIpc) is 3.21. The van der Waals surface area contributed by atoms with Gasteiger partial charge in [-0.2, -0.15) is 0 Å². The number of nitrogens with one attached hydrogen (secondary N) is 1. The molecular weight excluding hydrogens is 416 g/mol. The van der Waals surface area contributed by atoms with Crippen LogP contribution in [0.25, 0.3) is 11.6 Å². The molecule has 0 fully saturated rings. The Hall–Kier alpha value is -2.06. The maximum Gasteiger partial charge on any atom is 0.234 e. The molecule has 0 saturated carbocycles. The molecule has 6 nitrogen and oxygen atoms in total. The molecule has 3 aromatic rings. The van der Waals surface area contributed by atoms with E-state index in [1.807, 2.05) is 61.7 Å². The van der Waals surface area contributed by atoms with Gasteiger partial charge in [0.05, 0.1) is 5.75 Å². The SMILES string of the molecule is Cc1ccc(NC(=O)CSc2nnc(-c3ccc(Br)o3)n2C(C)C)cc1. The topological polar surface area (TPSA) is 73.0 Å². The van der Waals surface area contributed by atoms with E-state index in [0.717, 1.165) is 11.3 Å². The van der Waals surface area contributed by atoms with E-state index in [1.165, 1.54) is 11.8 Å². The van der Waals surface area contributed by atoms with Gasteiger partial charge in [0.2, 0.25) is 11.7 Å². The summed E-state index contributed by atoms with van der Waals surface area (Å²) in [5.74, 6) is 1.45. The second-order valence-corrected chi connectivity index (χ2v) is 7.80. The number of thioether (sulfide) groups is 1. The van der Waals surface area contributed by atoms with E-state index in [1.54, 1.807) is 0 Å². The minimum atomic E-state index is -0.0838. The summed E-state index contributed by atoms with van der Waals surface area (Å²) in [6.07, 6.45) is 0. The van der Waals surface area contributed by atoms with E-state index >= 15 is 0 Å². The van der Waals surface area contributed by atoms with E-state index < -0.39 is 0 Å². The molecule has 1 aromatic carbocycles. The number of hydrogen-bond acceptors (Lipinski definition) is 5. The molecule has 0 radical (unpaired) electrons. The molecule has 2 aromatic heterocycles. The highest BCUT2D eigenvalue weighted by Crippen LogP contribution is 2.30. The number of amides is 1. The van der Waals surface area contributed by atoms with Gasteiger partial charge in [-0.3, -0.25) is 9.36 Å². The van der Waals surface area contributed by atoms with Crippen molar-refractivity contribution in [2.45, 2.75) is 32.0 Å². The molecule has 0 saturated heterocycles. The van der Waals surface area contributed by atoms with Crippen molar-refractivity contribution in [2.75, 3.05) is 11.1 Å². The fraction of sp³-hybridized carbons (Fsp3) is 0.278. The lowest BCUT2D eigenvalue weighted by atomic mass is 10.2. The lowest BCUT2D eigenvalue weighted by molar-refractivity contribution is -0.113. The second-order valence-electron chi connectivity index (χ2n) is 6.08. The second kappa shape index (κ2) is 8.09. The zero-order valence-electron chi connectivity index (χ0n) is 14.7. The average molecular weight is 435 g/mol. The number of aromatic nitrogens is 3. The number of aryl methyl sites for hydroxylation is 1. The third-order valence-electron chi connectivity index (χ3n) is 3.64. The normalized spacial score (nSPS) is 11.1. The van der Waals surface area contributed by atoms with Crippen LogP contribution in [0.2, 0.25) is 0 Å². The number of benzene rings is 1. The summed E-state index contributed by atoms with van der Waals surface area (Å²) in [6.45, 7) is 6.10. The molecule has 0 bridgehead atoms. The fourth-order valence-electron chi connectivity index (χ4n) is 2.41. The van der Waals surface area contributed by atoms with Crippen molar-refractivity contribution in [3.05, 3.63) is 46.6 Å². The number of furan rings is 1. The minimum absolute atomic E-state index is 0.0838. The van der Waals surface area contributed by atoms with E-state index in [2.05, 4.69) is 31.4 Å². The summed E-state index contributed by atoms with van der Waals surface area (Å²) in [4.78, 5) is 12.2. The maximum atomic E-state index is 12.2. The van der Waals surface area contributed by atoms with Crippen LogP contribution < -0.4 is 5.32 Å². The predicted octanol–water partition coefficient (Wildman–Crippen LogP) is 4.92. The van der Waals surface area contributed by atoms with Gasteiger partial charge in [-0.15, -0.1) is 10.2 Å². The Morgan fingerprint density at radius 2 is 1.96 bits per heavy atom. The standard InChI is InChI=1S/C18H19BrN4O2S/c1-11(2)23-17(14-8-9-15(19)25-14)21-22-18(23)26-10-16(24)20-13-6-4-12(3)5-7-13/h4-9,11H,10H2,1-3H3,(H,20,24). The Morgan fingerprint density at radius 3 is 2.58 bits per heavy atom. The molecule has 1 N–H and O–H groups in total. The van der Waals surface area contributed by atoms with Gasteiger partial charge in [0.15, 0.2) is 15.6 Å². The summed E-state index contributed by atoms with van der Waals surface area (Å²) in [6, 6.07) is 11.5. The first-order valence-electron chi connectivity index (χ1n) is 8.14. The van der Waals surface area contributed by atoms with E-state index in [4.69, 9.17) is 4.42 Å². The van der Waals surface area contributed by atoms with Crippen LogP contribution in [-0.2, 0) is 4.79 Å². The maximum absolute atomic E-state index is 12.2. The van der Waals surface area contributed by atoms with Gasteiger partial charge in [-0.1, -0.05) is 29.5 Å². The highest BCUT2D eigenvalue weighted by molar-refractivity contribution is 9.10. The van der Waals surface area contributed by atoms with E-state index in [-0.39, 0.29) is 17.7 Å². The number of carbonyl (C=O) groups excluding carboxylic acids is 1. The third kappa shape index (κ3) is 4.37. The first-order chi connectivity index (χ1) is 12.4. The van der Waals surface area contributed by atoms with Crippen molar-refractivity contribution in [2.24, 2.45) is 0 Å². The lowest BCUT2D eigenvalue weighted by Crippen LogP contribution is -2.15. The molecule has 8 heteroatoms. The Morgan fingerprint density at radius 1 is 1.23 bits per heavy atom. The summed E-state index contributed by atoms with van der Waals surface area (Å²) >= 11 is 4.65. The highest BCUT2D eigenvalue weighted by atomic mass is 79.9. The van der Waals surface area contributed by atoms with Crippen LogP contribution in [-0.4, -0.2) is 26.4 Å². The quantitative estimate of drug-likeness (QED) is 0.557. The van der Waals surface area contributed by atoms with Crippen LogP contribution >= 0.6 is 27.7 Å². The Labute approximate surface area is 164 Å². The Balaban J connectivity index is 1.70. The molecule has 136 valence electrons. The molecule has 0 unspecified atom stereocenters. The van der Waals surface area contributed by atoms with Crippen molar-refractivity contribution < 1.29 is 9.21 Å². The molecule has 0 aliphatic rings. The van der Waals surface area contributed by atoms with Gasteiger partial charge in [0.1, 0.15) is 0 Å². The molecule has 2 heterocycles. The van der Waals surface area contributed by atoms with Crippen LogP contribution in [0, 0.1) is 6.92 Å². The van der Waals surface area contributed by atoms with Crippen LogP contribution in [0.3, 0.4) is 0 Å². The van der Waals surface area contributed by atoms with E-state index in [0.29, 0.717) is 21.4 Å². The van der Waals surface area contributed by atoms with Crippen LogP contribution in [0.4, 0.5) is 5.69 Å². The first kappa shape index (κ1) is 18.7. The molecule has 26 heavy (non-hydrogen) atoms. The number of nitrogens with zero attached hydrogens (tertiary/aromatic N) is 3. The van der Waals surface area contributed by atoms with Gasteiger partial charge >= 0.3 is 0 Å². The molecule has 0 aliphatic heterocycles. The molecule has 3 rings (SSSR count). The van der Waals surface area contributed by atoms with Crippen molar-refractivity contribution in [3.8, 4) is 11.6 Å². The van der Waals surface area contributed by atoms with Gasteiger partial charge in [0, 0.05) is 11.7 Å². The zero-order chi connectivity index (χ0) is 18.7. The van der Waals surface area contributed by atoms with Crippen molar-refractivity contribution >= 4 is 39.3 Å². The third-order valence-corrected chi connectivity index (χ3v) is 5.01. The first-order valence-corrected chi connectivity index (χ1v) is 9.92.